The molecule has 0 aromatic heterocycles. The molecule has 1 amide bonds. The fourth-order valence-corrected chi connectivity index (χ4v) is 2.57. The van der Waals surface area contributed by atoms with Gasteiger partial charge in [0.15, 0.2) is 5.78 Å². The van der Waals surface area contributed by atoms with Crippen LogP contribution in [0.2, 0.25) is 0 Å². The van der Waals surface area contributed by atoms with Crippen molar-refractivity contribution in [3.63, 3.8) is 0 Å². The molecule has 1 atom stereocenters. The molecule has 7 heteroatoms. The molecule has 1 aliphatic heterocycles. The number of fused-ring (bicyclic) bond motifs is 1. The van der Waals surface area contributed by atoms with Crippen LogP contribution in [0.25, 0.3) is 0 Å². The van der Waals surface area contributed by atoms with E-state index in [0.717, 1.165) is 5.56 Å². The third-order valence-electron chi connectivity index (χ3n) is 4.07. The Hall–Kier alpha value is -2.12. The summed E-state index contributed by atoms with van der Waals surface area (Å²) in [7, 11) is 0. The van der Waals surface area contributed by atoms with Crippen molar-refractivity contribution in [1.29, 1.82) is 0 Å². The zero-order valence-corrected chi connectivity index (χ0v) is 15.6. The SMILES string of the molecule is CCC(=O)COc1ccc(OCC(O)CNC(C)C)c2c1NC(=O)CC2. The van der Waals surface area contributed by atoms with Gasteiger partial charge in [-0.15, -0.1) is 0 Å². The van der Waals surface area contributed by atoms with Crippen LogP contribution in [-0.4, -0.2) is 48.7 Å². The number of hydrogen-bond donors (Lipinski definition) is 3. The van der Waals surface area contributed by atoms with Crippen molar-refractivity contribution in [2.45, 2.75) is 52.2 Å². The number of benzene rings is 1. The van der Waals surface area contributed by atoms with Gasteiger partial charge in [-0.3, -0.25) is 9.59 Å². The molecule has 144 valence electrons. The summed E-state index contributed by atoms with van der Waals surface area (Å²) in [4.78, 5) is 23.3. The number of aliphatic hydroxyl groups is 1. The van der Waals surface area contributed by atoms with Crippen LogP contribution >= 0.6 is 0 Å². The molecule has 26 heavy (non-hydrogen) atoms. The number of Topliss-reactive ketones (excluding diaryl/α,β-unsaturated/α-hetero) is 1. The number of ether oxygens (including phenoxy) is 2. The van der Waals surface area contributed by atoms with Gasteiger partial charge in [-0.2, -0.15) is 0 Å². The van der Waals surface area contributed by atoms with Crippen molar-refractivity contribution >= 4 is 17.4 Å². The monoisotopic (exact) mass is 364 g/mol. The number of amides is 1. The van der Waals surface area contributed by atoms with E-state index in [1.807, 2.05) is 13.8 Å². The first-order chi connectivity index (χ1) is 12.4. The Balaban J connectivity index is 2.09. The Kier molecular flexibility index (Phi) is 7.41. The van der Waals surface area contributed by atoms with Crippen LogP contribution < -0.4 is 20.1 Å². The van der Waals surface area contributed by atoms with Gasteiger partial charge in [-0.1, -0.05) is 20.8 Å². The van der Waals surface area contributed by atoms with Gasteiger partial charge in [0.2, 0.25) is 5.91 Å². The molecule has 0 saturated carbocycles. The van der Waals surface area contributed by atoms with E-state index in [1.54, 1.807) is 19.1 Å². The average Bonchev–Trinajstić information content (AvgIpc) is 2.62. The molecule has 7 nitrogen and oxygen atoms in total. The minimum atomic E-state index is -0.635. The fourth-order valence-electron chi connectivity index (χ4n) is 2.57. The summed E-state index contributed by atoms with van der Waals surface area (Å²) < 4.78 is 11.3. The Labute approximate surface area is 154 Å². The first-order valence-electron chi connectivity index (χ1n) is 9.05. The number of carbonyl (C=O) groups is 2. The smallest absolute Gasteiger partial charge is 0.224 e. The quantitative estimate of drug-likeness (QED) is 0.584. The molecule has 1 aliphatic rings. The summed E-state index contributed by atoms with van der Waals surface area (Å²) in [6.07, 6.45) is 0.649. The van der Waals surface area contributed by atoms with E-state index in [0.29, 0.717) is 43.0 Å². The minimum absolute atomic E-state index is 0.0120. The first kappa shape index (κ1) is 20.2. The fraction of sp³-hybridized carbons (Fsp3) is 0.579. The maximum atomic E-state index is 11.8. The summed E-state index contributed by atoms with van der Waals surface area (Å²) in [5, 5.41) is 16.0. The zero-order valence-electron chi connectivity index (χ0n) is 15.6. The maximum absolute atomic E-state index is 11.8. The molecule has 0 radical (unpaired) electrons. The second kappa shape index (κ2) is 9.54. The van der Waals surface area contributed by atoms with E-state index in [4.69, 9.17) is 9.47 Å². The average molecular weight is 364 g/mol. The topological polar surface area (TPSA) is 96.9 Å². The highest BCUT2D eigenvalue weighted by Gasteiger charge is 2.23. The highest BCUT2D eigenvalue weighted by atomic mass is 16.5. The normalized spacial score (nSPS) is 14.6. The Morgan fingerprint density at radius 2 is 2.00 bits per heavy atom. The highest BCUT2D eigenvalue weighted by Crippen LogP contribution is 2.39. The third-order valence-corrected chi connectivity index (χ3v) is 4.07. The largest absolute Gasteiger partial charge is 0.490 e. The number of hydrogen-bond acceptors (Lipinski definition) is 6. The van der Waals surface area contributed by atoms with Crippen LogP contribution in [0, 0.1) is 0 Å². The molecule has 1 aromatic carbocycles. The molecule has 3 N–H and O–H groups in total. The Morgan fingerprint density at radius 1 is 1.27 bits per heavy atom. The second-order valence-electron chi connectivity index (χ2n) is 6.67. The number of rotatable bonds is 10. The van der Waals surface area contributed by atoms with Gasteiger partial charge >= 0.3 is 0 Å². The summed E-state index contributed by atoms with van der Waals surface area (Å²) in [5.74, 6) is 0.964. The van der Waals surface area contributed by atoms with Crippen molar-refractivity contribution in [2.24, 2.45) is 0 Å². The summed E-state index contributed by atoms with van der Waals surface area (Å²) in [5.41, 5.74) is 1.38. The predicted molar refractivity (Wildman–Crippen MR) is 98.8 cm³/mol. The maximum Gasteiger partial charge on any atom is 0.224 e. The molecule has 1 aromatic rings. The van der Waals surface area contributed by atoms with Crippen molar-refractivity contribution in [2.75, 3.05) is 25.1 Å². The molecule has 1 heterocycles. The van der Waals surface area contributed by atoms with E-state index in [1.165, 1.54) is 0 Å². The highest BCUT2D eigenvalue weighted by molar-refractivity contribution is 5.96. The second-order valence-corrected chi connectivity index (χ2v) is 6.67. The number of anilines is 1. The van der Waals surface area contributed by atoms with Crippen LogP contribution in [0.5, 0.6) is 11.5 Å². The number of carbonyl (C=O) groups excluding carboxylic acids is 2. The molecule has 1 unspecified atom stereocenters. The molecule has 0 spiro atoms. The molecule has 2 rings (SSSR count). The standard InChI is InChI=1S/C19H28N2O5/c1-4-13(22)10-26-17-7-6-16(15-5-8-18(24)21-19(15)17)25-11-14(23)9-20-12(2)3/h6-7,12,14,20,23H,4-5,8-11H2,1-3H3,(H,21,24). The van der Waals surface area contributed by atoms with Gasteiger partial charge in [-0.25, -0.2) is 0 Å². The summed E-state index contributed by atoms with van der Waals surface area (Å²) in [6, 6.07) is 3.72. The van der Waals surface area contributed by atoms with E-state index in [2.05, 4.69) is 10.6 Å². The zero-order chi connectivity index (χ0) is 19.1. The van der Waals surface area contributed by atoms with E-state index in [9.17, 15) is 14.7 Å². The van der Waals surface area contributed by atoms with Crippen LogP contribution in [0.3, 0.4) is 0 Å². The minimum Gasteiger partial charge on any atom is -0.490 e. The summed E-state index contributed by atoms with van der Waals surface area (Å²) in [6.45, 7) is 6.35. The lowest BCUT2D eigenvalue weighted by atomic mass is 10.0. The molecule has 0 saturated heterocycles. The number of ketones is 1. The van der Waals surface area contributed by atoms with Crippen LogP contribution in [0.4, 0.5) is 5.69 Å². The third kappa shape index (κ3) is 5.71. The Bertz CT molecular complexity index is 645. The van der Waals surface area contributed by atoms with Gasteiger partial charge in [0.05, 0.1) is 5.69 Å². The van der Waals surface area contributed by atoms with Gasteiger partial charge in [0.25, 0.3) is 0 Å². The lowest BCUT2D eigenvalue weighted by Crippen LogP contribution is -2.35. The summed E-state index contributed by atoms with van der Waals surface area (Å²) >= 11 is 0. The molecule has 0 aliphatic carbocycles. The lowest BCUT2D eigenvalue weighted by molar-refractivity contribution is -0.120. The van der Waals surface area contributed by atoms with Gasteiger partial charge < -0.3 is 25.2 Å². The lowest BCUT2D eigenvalue weighted by Gasteiger charge is -2.23. The van der Waals surface area contributed by atoms with Crippen molar-refractivity contribution in [3.8, 4) is 11.5 Å². The van der Waals surface area contributed by atoms with Crippen molar-refractivity contribution in [1.82, 2.24) is 5.32 Å². The van der Waals surface area contributed by atoms with Crippen LogP contribution in [-0.2, 0) is 16.0 Å². The van der Waals surface area contributed by atoms with Gasteiger partial charge in [0.1, 0.15) is 30.8 Å². The molecular weight excluding hydrogens is 336 g/mol. The van der Waals surface area contributed by atoms with Crippen molar-refractivity contribution in [3.05, 3.63) is 17.7 Å². The van der Waals surface area contributed by atoms with E-state index in [-0.39, 0.29) is 30.9 Å². The van der Waals surface area contributed by atoms with E-state index < -0.39 is 6.10 Å². The van der Waals surface area contributed by atoms with E-state index >= 15 is 0 Å². The number of nitrogens with one attached hydrogen (secondary N) is 2. The molecule has 0 fully saturated rings. The van der Waals surface area contributed by atoms with Gasteiger partial charge in [-0.05, 0) is 18.6 Å². The molecular formula is C19H28N2O5. The van der Waals surface area contributed by atoms with Gasteiger partial charge in [0, 0.05) is 31.0 Å². The predicted octanol–water partition coefficient (Wildman–Crippen LogP) is 1.67. The Morgan fingerprint density at radius 3 is 2.69 bits per heavy atom. The number of aliphatic hydroxyl groups excluding tert-OH is 1. The molecule has 0 bridgehead atoms. The van der Waals surface area contributed by atoms with Crippen LogP contribution in [0.1, 0.15) is 39.2 Å². The van der Waals surface area contributed by atoms with Crippen molar-refractivity contribution < 1.29 is 24.2 Å². The van der Waals surface area contributed by atoms with Crippen LogP contribution in [0.15, 0.2) is 12.1 Å². The first-order valence-corrected chi connectivity index (χ1v) is 9.05.